The summed E-state index contributed by atoms with van der Waals surface area (Å²) in [5.41, 5.74) is 0.674. The topological polar surface area (TPSA) is 49.9 Å². The normalized spacial score (nSPS) is 20.7. The van der Waals surface area contributed by atoms with Crippen LogP contribution in [-0.2, 0) is 21.5 Å². The highest BCUT2D eigenvalue weighted by Crippen LogP contribution is 2.19. The molecule has 1 aliphatic rings. The number of morpholine rings is 1. The van der Waals surface area contributed by atoms with Crippen molar-refractivity contribution in [3.8, 4) is 0 Å². The van der Waals surface area contributed by atoms with Gasteiger partial charge in [0.05, 0.1) is 19.8 Å². The summed E-state index contributed by atoms with van der Waals surface area (Å²) in [6, 6.07) is 8.36. The monoisotopic (exact) mass is 334 g/mol. The Labute approximate surface area is 129 Å². The Bertz CT molecular complexity index is 569. The second-order valence-corrected chi connectivity index (χ2v) is 7.09. The van der Waals surface area contributed by atoms with E-state index in [1.165, 1.54) is 4.31 Å². The van der Waals surface area contributed by atoms with E-state index >= 15 is 0 Å². The zero-order valence-corrected chi connectivity index (χ0v) is 13.2. The number of hydrogen-bond donors (Lipinski definition) is 0. The van der Waals surface area contributed by atoms with Gasteiger partial charge in [-0.3, -0.25) is 0 Å². The Kier molecular flexibility index (Phi) is 5.85. The van der Waals surface area contributed by atoms with Crippen LogP contribution in [0.4, 0.5) is 8.78 Å². The molecule has 0 aliphatic carbocycles. The molecule has 1 aromatic rings. The standard InChI is InChI=1S/C14H20F2N2O3S/c1-12-11-21-8-7-18(12)22(19,20)17(10-14(15)16)9-13-5-3-2-4-6-13/h2-6,12,14H,7-11H2,1H3/t12-/m1/s1. The quantitative estimate of drug-likeness (QED) is 0.796. The Morgan fingerprint density at radius 2 is 2.05 bits per heavy atom. The summed E-state index contributed by atoms with van der Waals surface area (Å²) in [4.78, 5) is 0. The second kappa shape index (κ2) is 7.45. The molecule has 1 atom stereocenters. The molecule has 0 spiro atoms. The first-order valence-corrected chi connectivity index (χ1v) is 8.47. The molecular weight excluding hydrogens is 314 g/mol. The fourth-order valence-corrected chi connectivity index (χ4v) is 4.12. The molecule has 1 aliphatic heterocycles. The fraction of sp³-hybridized carbons (Fsp3) is 0.571. The predicted molar refractivity (Wildman–Crippen MR) is 78.8 cm³/mol. The van der Waals surface area contributed by atoms with Crippen LogP contribution in [-0.4, -0.2) is 55.8 Å². The Balaban J connectivity index is 2.23. The summed E-state index contributed by atoms with van der Waals surface area (Å²) in [5.74, 6) is 0. The highest BCUT2D eigenvalue weighted by molar-refractivity contribution is 7.86. The number of ether oxygens (including phenoxy) is 1. The maximum atomic E-state index is 12.8. The van der Waals surface area contributed by atoms with Crippen molar-refractivity contribution in [3.05, 3.63) is 35.9 Å². The van der Waals surface area contributed by atoms with E-state index in [4.69, 9.17) is 4.74 Å². The minimum Gasteiger partial charge on any atom is -0.378 e. The van der Waals surface area contributed by atoms with Crippen LogP contribution in [0.2, 0.25) is 0 Å². The van der Waals surface area contributed by atoms with E-state index in [9.17, 15) is 17.2 Å². The van der Waals surface area contributed by atoms with Gasteiger partial charge in [0.1, 0.15) is 0 Å². The average molecular weight is 334 g/mol. The van der Waals surface area contributed by atoms with Crippen LogP contribution < -0.4 is 0 Å². The minimum atomic E-state index is -3.96. The first-order valence-electron chi connectivity index (χ1n) is 7.08. The minimum absolute atomic E-state index is 0.0718. The molecule has 0 N–H and O–H groups in total. The predicted octanol–water partition coefficient (Wildman–Crippen LogP) is 1.72. The molecule has 0 radical (unpaired) electrons. The van der Waals surface area contributed by atoms with Gasteiger partial charge in [-0.2, -0.15) is 17.0 Å². The number of alkyl halides is 2. The number of nitrogens with zero attached hydrogens (tertiary/aromatic N) is 2. The smallest absolute Gasteiger partial charge is 0.282 e. The Hall–Kier alpha value is -1.09. The van der Waals surface area contributed by atoms with E-state index in [0.717, 1.165) is 4.31 Å². The van der Waals surface area contributed by atoms with Crippen molar-refractivity contribution >= 4 is 10.2 Å². The number of hydrogen-bond acceptors (Lipinski definition) is 3. The summed E-state index contributed by atoms with van der Waals surface area (Å²) in [5, 5.41) is 0. The molecule has 5 nitrogen and oxygen atoms in total. The summed E-state index contributed by atoms with van der Waals surface area (Å²) < 4.78 is 58.4. The lowest BCUT2D eigenvalue weighted by Crippen LogP contribution is -2.53. The first kappa shape index (κ1) is 17.3. The van der Waals surface area contributed by atoms with Crippen LogP contribution in [0.1, 0.15) is 12.5 Å². The van der Waals surface area contributed by atoms with Crippen molar-refractivity contribution in [2.45, 2.75) is 25.9 Å². The Morgan fingerprint density at radius 3 is 2.64 bits per heavy atom. The maximum absolute atomic E-state index is 12.8. The highest BCUT2D eigenvalue weighted by Gasteiger charge is 2.36. The zero-order chi connectivity index (χ0) is 16.2. The second-order valence-electron chi connectivity index (χ2n) is 5.21. The van der Waals surface area contributed by atoms with Gasteiger partial charge in [0.15, 0.2) is 0 Å². The molecule has 1 saturated heterocycles. The van der Waals surface area contributed by atoms with Gasteiger partial charge in [-0.15, -0.1) is 0 Å². The first-order chi connectivity index (χ1) is 10.4. The van der Waals surface area contributed by atoms with Crippen LogP contribution in [0, 0.1) is 0 Å². The molecule has 124 valence electrons. The number of benzene rings is 1. The molecule has 1 heterocycles. The average Bonchev–Trinajstić information content (AvgIpc) is 2.47. The van der Waals surface area contributed by atoms with Crippen molar-refractivity contribution in [1.82, 2.24) is 8.61 Å². The van der Waals surface area contributed by atoms with Crippen LogP contribution in [0.15, 0.2) is 30.3 Å². The Morgan fingerprint density at radius 1 is 1.36 bits per heavy atom. The van der Waals surface area contributed by atoms with Gasteiger partial charge in [-0.1, -0.05) is 30.3 Å². The lowest BCUT2D eigenvalue weighted by atomic mass is 10.2. The SMILES string of the molecule is C[C@@H]1COCCN1S(=O)(=O)N(Cc1ccccc1)CC(F)F. The molecule has 1 aromatic carbocycles. The lowest BCUT2D eigenvalue weighted by molar-refractivity contribution is 0.0342. The number of halogens is 2. The van der Waals surface area contributed by atoms with Crippen LogP contribution >= 0.6 is 0 Å². The van der Waals surface area contributed by atoms with Crippen LogP contribution in [0.5, 0.6) is 0 Å². The van der Waals surface area contributed by atoms with Gasteiger partial charge >= 0.3 is 0 Å². The van der Waals surface area contributed by atoms with Gasteiger partial charge in [0.2, 0.25) is 0 Å². The maximum Gasteiger partial charge on any atom is 0.282 e. The van der Waals surface area contributed by atoms with Gasteiger partial charge in [0, 0.05) is 19.1 Å². The van der Waals surface area contributed by atoms with Crippen LogP contribution in [0.25, 0.3) is 0 Å². The van der Waals surface area contributed by atoms with E-state index in [1.807, 2.05) is 0 Å². The van der Waals surface area contributed by atoms with E-state index < -0.39 is 23.2 Å². The summed E-state index contributed by atoms with van der Waals surface area (Å²) in [6.45, 7) is 1.54. The molecule has 8 heteroatoms. The van der Waals surface area contributed by atoms with Crippen molar-refractivity contribution in [2.75, 3.05) is 26.3 Å². The van der Waals surface area contributed by atoms with E-state index in [-0.39, 0.29) is 32.3 Å². The third kappa shape index (κ3) is 4.22. The van der Waals surface area contributed by atoms with Gasteiger partial charge in [-0.05, 0) is 12.5 Å². The van der Waals surface area contributed by atoms with Crippen molar-refractivity contribution in [3.63, 3.8) is 0 Å². The largest absolute Gasteiger partial charge is 0.378 e. The van der Waals surface area contributed by atoms with E-state index in [2.05, 4.69) is 0 Å². The van der Waals surface area contributed by atoms with E-state index in [1.54, 1.807) is 37.3 Å². The van der Waals surface area contributed by atoms with Crippen molar-refractivity contribution in [1.29, 1.82) is 0 Å². The fourth-order valence-electron chi connectivity index (χ4n) is 2.38. The summed E-state index contributed by atoms with van der Waals surface area (Å²) in [7, 11) is -3.96. The molecule has 1 fully saturated rings. The van der Waals surface area contributed by atoms with Crippen molar-refractivity contribution < 1.29 is 21.9 Å². The molecular formula is C14H20F2N2O3S. The molecule has 0 amide bonds. The van der Waals surface area contributed by atoms with Crippen LogP contribution in [0.3, 0.4) is 0 Å². The summed E-state index contributed by atoms with van der Waals surface area (Å²) in [6.07, 6.45) is -2.73. The summed E-state index contributed by atoms with van der Waals surface area (Å²) >= 11 is 0. The van der Waals surface area contributed by atoms with E-state index in [0.29, 0.717) is 5.56 Å². The molecule has 2 rings (SSSR count). The third-order valence-electron chi connectivity index (χ3n) is 3.47. The lowest BCUT2D eigenvalue weighted by Gasteiger charge is -2.36. The van der Waals surface area contributed by atoms with Gasteiger partial charge in [-0.25, -0.2) is 8.78 Å². The molecule has 0 aromatic heterocycles. The molecule has 0 saturated carbocycles. The number of rotatable bonds is 6. The molecule has 0 bridgehead atoms. The van der Waals surface area contributed by atoms with Crippen molar-refractivity contribution in [2.24, 2.45) is 0 Å². The van der Waals surface area contributed by atoms with Gasteiger partial charge in [0.25, 0.3) is 16.6 Å². The molecule has 22 heavy (non-hydrogen) atoms. The third-order valence-corrected chi connectivity index (χ3v) is 5.54. The molecule has 0 unspecified atom stereocenters. The highest BCUT2D eigenvalue weighted by atomic mass is 32.2. The zero-order valence-electron chi connectivity index (χ0n) is 12.4. The van der Waals surface area contributed by atoms with Gasteiger partial charge < -0.3 is 4.74 Å².